The van der Waals surface area contributed by atoms with Crippen molar-refractivity contribution >= 4 is 16.8 Å². The SMILES string of the molecule is CCCn1cc(C(=O)NC[C@H]2CN3CCC[C@@H]3CO2)c2ccccc21. The standard InChI is InChI=1S/C20H27N3O2/c1-2-9-23-13-18(17-7-3-4-8-19(17)23)20(24)21-11-16-12-22-10-5-6-15(22)14-25-16/h3-4,7-8,13,15-16H,2,5-6,9-12,14H2,1H3,(H,21,24)/t15-,16+/m1/s1. The number of aryl methyl sites for hydroxylation is 1. The van der Waals surface area contributed by atoms with Gasteiger partial charge in [-0.3, -0.25) is 9.69 Å². The number of nitrogens with one attached hydrogen (secondary N) is 1. The molecule has 2 atom stereocenters. The van der Waals surface area contributed by atoms with Crippen molar-refractivity contribution < 1.29 is 9.53 Å². The molecule has 0 bridgehead atoms. The van der Waals surface area contributed by atoms with Crippen molar-refractivity contribution in [2.45, 2.75) is 44.9 Å². The van der Waals surface area contributed by atoms with Gasteiger partial charge in [0.25, 0.3) is 5.91 Å². The predicted molar refractivity (Wildman–Crippen MR) is 98.9 cm³/mol. The lowest BCUT2D eigenvalue weighted by Crippen LogP contribution is -2.50. The lowest BCUT2D eigenvalue weighted by Gasteiger charge is -2.35. The van der Waals surface area contributed by atoms with Crippen LogP contribution in [0.2, 0.25) is 0 Å². The molecule has 2 fully saturated rings. The molecule has 134 valence electrons. The Hall–Kier alpha value is -1.85. The second kappa shape index (κ2) is 7.18. The zero-order valence-electron chi connectivity index (χ0n) is 14.9. The van der Waals surface area contributed by atoms with Crippen LogP contribution in [0.1, 0.15) is 36.5 Å². The van der Waals surface area contributed by atoms with Crippen LogP contribution < -0.4 is 5.32 Å². The van der Waals surface area contributed by atoms with Crippen LogP contribution in [0.4, 0.5) is 0 Å². The van der Waals surface area contributed by atoms with Crippen LogP contribution in [0, 0.1) is 0 Å². The van der Waals surface area contributed by atoms with Crippen LogP contribution in [0.25, 0.3) is 10.9 Å². The predicted octanol–water partition coefficient (Wildman–Crippen LogP) is 2.64. The molecule has 2 aromatic rings. The summed E-state index contributed by atoms with van der Waals surface area (Å²) in [6.45, 7) is 6.56. The number of fused-ring (bicyclic) bond motifs is 2. The van der Waals surface area contributed by atoms with Crippen LogP contribution in [0.5, 0.6) is 0 Å². The molecule has 1 amide bonds. The Balaban J connectivity index is 1.43. The van der Waals surface area contributed by atoms with Gasteiger partial charge in [0, 0.05) is 42.8 Å². The Bertz CT molecular complexity index is 754. The molecular formula is C20H27N3O2. The molecular weight excluding hydrogens is 314 g/mol. The van der Waals surface area contributed by atoms with Gasteiger partial charge in [-0.15, -0.1) is 0 Å². The summed E-state index contributed by atoms with van der Waals surface area (Å²) in [5, 5.41) is 4.12. The maximum Gasteiger partial charge on any atom is 0.253 e. The van der Waals surface area contributed by atoms with Crippen LogP contribution in [0.15, 0.2) is 30.5 Å². The van der Waals surface area contributed by atoms with E-state index in [2.05, 4.69) is 27.8 Å². The Kier molecular flexibility index (Phi) is 4.77. The highest BCUT2D eigenvalue weighted by Crippen LogP contribution is 2.23. The van der Waals surface area contributed by atoms with Crippen molar-refractivity contribution in [3.63, 3.8) is 0 Å². The number of benzene rings is 1. The van der Waals surface area contributed by atoms with Crippen LogP contribution in [0.3, 0.4) is 0 Å². The summed E-state index contributed by atoms with van der Waals surface area (Å²) >= 11 is 0. The van der Waals surface area contributed by atoms with E-state index in [0.29, 0.717) is 12.6 Å². The highest BCUT2D eigenvalue weighted by molar-refractivity contribution is 6.07. The molecule has 5 heteroatoms. The van der Waals surface area contributed by atoms with E-state index in [9.17, 15) is 4.79 Å². The average Bonchev–Trinajstić information content (AvgIpc) is 3.24. The third-order valence-corrected chi connectivity index (χ3v) is 5.45. The van der Waals surface area contributed by atoms with E-state index in [1.165, 1.54) is 19.4 Å². The van der Waals surface area contributed by atoms with E-state index in [4.69, 9.17) is 4.74 Å². The van der Waals surface area contributed by atoms with Gasteiger partial charge in [0.05, 0.1) is 18.3 Å². The molecule has 2 aliphatic rings. The first-order chi connectivity index (χ1) is 12.3. The maximum absolute atomic E-state index is 12.8. The highest BCUT2D eigenvalue weighted by atomic mass is 16.5. The summed E-state index contributed by atoms with van der Waals surface area (Å²) in [7, 11) is 0. The third-order valence-electron chi connectivity index (χ3n) is 5.45. The zero-order chi connectivity index (χ0) is 17.2. The summed E-state index contributed by atoms with van der Waals surface area (Å²) in [5.74, 6) is -0.00167. The molecule has 0 radical (unpaired) electrons. The number of rotatable bonds is 5. The van der Waals surface area contributed by atoms with Crippen molar-refractivity contribution in [2.24, 2.45) is 0 Å². The van der Waals surface area contributed by atoms with Crippen molar-refractivity contribution in [2.75, 3.05) is 26.2 Å². The first-order valence-electron chi connectivity index (χ1n) is 9.48. The van der Waals surface area contributed by atoms with Crippen molar-refractivity contribution in [3.8, 4) is 0 Å². The number of morpholine rings is 1. The number of aromatic nitrogens is 1. The maximum atomic E-state index is 12.8. The Labute approximate surface area is 148 Å². The minimum atomic E-state index is -0.00167. The molecule has 1 N–H and O–H groups in total. The Morgan fingerprint density at radius 2 is 2.24 bits per heavy atom. The largest absolute Gasteiger partial charge is 0.373 e. The summed E-state index contributed by atoms with van der Waals surface area (Å²) in [5.41, 5.74) is 1.89. The van der Waals surface area contributed by atoms with E-state index in [-0.39, 0.29) is 12.0 Å². The van der Waals surface area contributed by atoms with E-state index in [1.54, 1.807) is 0 Å². The number of amides is 1. The fourth-order valence-corrected chi connectivity index (χ4v) is 4.16. The number of ether oxygens (including phenoxy) is 1. The lowest BCUT2D eigenvalue weighted by molar-refractivity contribution is -0.0461. The molecule has 1 aromatic carbocycles. The molecule has 3 heterocycles. The molecule has 5 nitrogen and oxygen atoms in total. The van der Waals surface area contributed by atoms with E-state index in [1.807, 2.05) is 24.4 Å². The van der Waals surface area contributed by atoms with Crippen LogP contribution >= 0.6 is 0 Å². The molecule has 0 spiro atoms. The molecule has 25 heavy (non-hydrogen) atoms. The second-order valence-electron chi connectivity index (χ2n) is 7.21. The van der Waals surface area contributed by atoms with Gasteiger partial charge in [0.15, 0.2) is 0 Å². The number of carbonyl (C=O) groups is 1. The van der Waals surface area contributed by atoms with Gasteiger partial charge in [-0.1, -0.05) is 25.1 Å². The molecule has 1 aromatic heterocycles. The number of carbonyl (C=O) groups excluding carboxylic acids is 1. The minimum absolute atomic E-state index is 0.00167. The van der Waals surface area contributed by atoms with E-state index >= 15 is 0 Å². The van der Waals surface area contributed by atoms with Crippen molar-refractivity contribution in [3.05, 3.63) is 36.0 Å². The molecule has 0 unspecified atom stereocenters. The average molecular weight is 341 g/mol. The van der Waals surface area contributed by atoms with Crippen molar-refractivity contribution in [1.29, 1.82) is 0 Å². The molecule has 4 rings (SSSR count). The summed E-state index contributed by atoms with van der Waals surface area (Å²) < 4.78 is 8.12. The number of hydrogen-bond acceptors (Lipinski definition) is 3. The number of hydrogen-bond donors (Lipinski definition) is 1. The number of nitrogens with zero attached hydrogens (tertiary/aromatic N) is 2. The lowest BCUT2D eigenvalue weighted by atomic mass is 10.1. The van der Waals surface area contributed by atoms with Gasteiger partial charge in [0.1, 0.15) is 0 Å². The Morgan fingerprint density at radius 3 is 3.12 bits per heavy atom. The molecule has 0 aliphatic carbocycles. The molecule has 0 saturated carbocycles. The molecule has 2 saturated heterocycles. The topological polar surface area (TPSA) is 46.5 Å². The Morgan fingerprint density at radius 1 is 1.36 bits per heavy atom. The fourth-order valence-electron chi connectivity index (χ4n) is 4.16. The van der Waals surface area contributed by atoms with Gasteiger partial charge in [0.2, 0.25) is 0 Å². The van der Waals surface area contributed by atoms with Gasteiger partial charge in [-0.05, 0) is 31.9 Å². The zero-order valence-corrected chi connectivity index (χ0v) is 14.9. The smallest absolute Gasteiger partial charge is 0.253 e. The summed E-state index contributed by atoms with van der Waals surface area (Å²) in [6, 6.07) is 8.73. The monoisotopic (exact) mass is 341 g/mol. The quantitative estimate of drug-likeness (QED) is 0.909. The van der Waals surface area contributed by atoms with Gasteiger partial charge in [-0.2, -0.15) is 0 Å². The summed E-state index contributed by atoms with van der Waals surface area (Å²) in [6.07, 6.45) is 5.65. The van der Waals surface area contributed by atoms with E-state index < -0.39 is 0 Å². The van der Waals surface area contributed by atoms with Crippen LogP contribution in [-0.2, 0) is 11.3 Å². The van der Waals surface area contributed by atoms with Gasteiger partial charge >= 0.3 is 0 Å². The number of para-hydroxylation sites is 1. The minimum Gasteiger partial charge on any atom is -0.373 e. The highest BCUT2D eigenvalue weighted by Gasteiger charge is 2.32. The normalized spacial score (nSPS) is 23.7. The third kappa shape index (κ3) is 3.31. The van der Waals surface area contributed by atoms with Gasteiger partial charge < -0.3 is 14.6 Å². The summed E-state index contributed by atoms with van der Waals surface area (Å²) in [4.78, 5) is 15.3. The molecule has 2 aliphatic heterocycles. The first-order valence-corrected chi connectivity index (χ1v) is 9.48. The first kappa shape index (κ1) is 16.6. The van der Waals surface area contributed by atoms with Crippen molar-refractivity contribution in [1.82, 2.24) is 14.8 Å². The van der Waals surface area contributed by atoms with Gasteiger partial charge in [-0.25, -0.2) is 0 Å². The second-order valence-corrected chi connectivity index (χ2v) is 7.21. The van der Waals surface area contributed by atoms with Crippen LogP contribution in [-0.4, -0.2) is 53.8 Å². The van der Waals surface area contributed by atoms with E-state index in [0.717, 1.165) is 42.6 Å². The fraction of sp³-hybridized carbons (Fsp3) is 0.550.